The van der Waals surface area contributed by atoms with Gasteiger partial charge >= 0.3 is 0 Å². The van der Waals surface area contributed by atoms with Crippen LogP contribution in [-0.4, -0.2) is 41.0 Å². The van der Waals surface area contributed by atoms with E-state index in [1.54, 1.807) is 37.0 Å². The number of nitrogens with one attached hydrogen (secondary N) is 1. The lowest BCUT2D eigenvalue weighted by Crippen LogP contribution is -2.21. The first-order valence-corrected chi connectivity index (χ1v) is 11.2. The second-order valence-electron chi connectivity index (χ2n) is 7.02. The van der Waals surface area contributed by atoms with E-state index < -0.39 is 0 Å². The first-order valence-electron chi connectivity index (χ1n) is 10.4. The second-order valence-corrected chi connectivity index (χ2v) is 7.88. The van der Waals surface area contributed by atoms with Gasteiger partial charge in [-0.3, -0.25) is 9.48 Å². The van der Waals surface area contributed by atoms with Crippen molar-refractivity contribution in [3.8, 4) is 39.2 Å². The molecule has 2 aromatic carbocycles. The topological polar surface area (TPSA) is 87.5 Å². The van der Waals surface area contributed by atoms with Crippen LogP contribution in [0.1, 0.15) is 6.92 Å². The van der Waals surface area contributed by atoms with E-state index in [1.165, 1.54) is 11.3 Å². The fraction of sp³-hybridized carbons (Fsp3) is 0.208. The fourth-order valence-electron chi connectivity index (χ4n) is 3.16. The number of benzene rings is 2. The number of para-hydroxylation sites is 2. The number of aryl methyl sites for hydroxylation is 1. The number of thiazole rings is 1. The van der Waals surface area contributed by atoms with Crippen molar-refractivity contribution in [2.75, 3.05) is 25.6 Å². The molecule has 4 rings (SSSR count). The molecule has 0 bridgehead atoms. The zero-order valence-electron chi connectivity index (χ0n) is 18.6. The zero-order chi connectivity index (χ0) is 23.2. The van der Waals surface area contributed by atoms with Gasteiger partial charge in [-0.1, -0.05) is 12.1 Å². The number of carbonyl (C=O) groups is 1. The van der Waals surface area contributed by atoms with Crippen molar-refractivity contribution in [1.82, 2.24) is 14.8 Å². The molecule has 0 fully saturated rings. The van der Waals surface area contributed by atoms with E-state index in [0.29, 0.717) is 29.6 Å². The predicted octanol–water partition coefficient (Wildman–Crippen LogP) is 4.64. The number of rotatable bonds is 9. The molecule has 1 N–H and O–H groups in total. The van der Waals surface area contributed by atoms with Gasteiger partial charge in [0.25, 0.3) is 5.91 Å². The van der Waals surface area contributed by atoms with Crippen LogP contribution in [0.4, 0.5) is 5.82 Å². The highest BCUT2D eigenvalue weighted by Crippen LogP contribution is 2.30. The van der Waals surface area contributed by atoms with Gasteiger partial charge in [0.1, 0.15) is 22.3 Å². The molecule has 33 heavy (non-hydrogen) atoms. The fourth-order valence-corrected chi connectivity index (χ4v) is 3.95. The van der Waals surface area contributed by atoms with Gasteiger partial charge in [0.05, 0.1) is 19.4 Å². The molecule has 2 aromatic heterocycles. The number of nitrogens with zero attached hydrogens (tertiary/aromatic N) is 3. The van der Waals surface area contributed by atoms with Gasteiger partial charge in [-0.2, -0.15) is 5.10 Å². The van der Waals surface area contributed by atoms with Crippen molar-refractivity contribution in [2.45, 2.75) is 6.92 Å². The van der Waals surface area contributed by atoms with Crippen molar-refractivity contribution in [3.63, 3.8) is 0 Å². The number of hydrogen-bond acceptors (Lipinski definition) is 7. The number of carbonyl (C=O) groups excluding carboxylic acids is 1. The molecule has 0 aliphatic rings. The summed E-state index contributed by atoms with van der Waals surface area (Å²) >= 11 is 1.50. The molecule has 2 heterocycles. The molecule has 0 saturated carbocycles. The summed E-state index contributed by atoms with van der Waals surface area (Å²) in [6.07, 6.45) is 0. The van der Waals surface area contributed by atoms with Gasteiger partial charge in [-0.25, -0.2) is 4.98 Å². The molecule has 0 saturated heterocycles. The largest absolute Gasteiger partial charge is 0.494 e. The molecule has 0 atom stereocenters. The first kappa shape index (κ1) is 22.3. The maximum Gasteiger partial charge on any atom is 0.263 e. The Morgan fingerprint density at radius 2 is 1.82 bits per heavy atom. The van der Waals surface area contributed by atoms with Crippen LogP contribution in [0, 0.1) is 0 Å². The summed E-state index contributed by atoms with van der Waals surface area (Å²) in [5, 5.41) is 10.1. The number of aromatic nitrogens is 3. The zero-order valence-corrected chi connectivity index (χ0v) is 19.4. The number of ether oxygens (including phenoxy) is 3. The van der Waals surface area contributed by atoms with Crippen LogP contribution in [0.15, 0.2) is 60.0 Å². The number of hydrogen-bond donors (Lipinski definition) is 1. The van der Waals surface area contributed by atoms with Gasteiger partial charge in [0, 0.05) is 24.1 Å². The van der Waals surface area contributed by atoms with E-state index in [4.69, 9.17) is 19.2 Å². The van der Waals surface area contributed by atoms with Gasteiger partial charge in [-0.15, -0.1) is 11.3 Å². The highest BCUT2D eigenvalue weighted by Gasteiger charge is 2.15. The first-order chi connectivity index (χ1) is 16.1. The van der Waals surface area contributed by atoms with Crippen LogP contribution in [-0.2, 0) is 11.8 Å². The molecule has 0 unspecified atom stereocenters. The van der Waals surface area contributed by atoms with Crippen molar-refractivity contribution < 1.29 is 19.0 Å². The lowest BCUT2D eigenvalue weighted by Gasteiger charge is -2.10. The minimum Gasteiger partial charge on any atom is -0.494 e. The van der Waals surface area contributed by atoms with Crippen molar-refractivity contribution in [1.29, 1.82) is 0 Å². The Kier molecular flexibility index (Phi) is 6.89. The average molecular weight is 465 g/mol. The third kappa shape index (κ3) is 5.32. The molecule has 0 aliphatic heterocycles. The van der Waals surface area contributed by atoms with Crippen LogP contribution in [0.2, 0.25) is 0 Å². The number of anilines is 1. The molecule has 4 aromatic rings. The lowest BCUT2D eigenvalue weighted by atomic mass is 10.2. The average Bonchev–Trinajstić information content (AvgIpc) is 3.46. The lowest BCUT2D eigenvalue weighted by molar-refractivity contribution is -0.118. The Morgan fingerprint density at radius 3 is 2.55 bits per heavy atom. The highest BCUT2D eigenvalue weighted by molar-refractivity contribution is 7.13. The normalized spacial score (nSPS) is 10.6. The van der Waals surface area contributed by atoms with Crippen LogP contribution < -0.4 is 19.5 Å². The Hall–Kier alpha value is -3.85. The van der Waals surface area contributed by atoms with E-state index in [-0.39, 0.29) is 12.5 Å². The molecule has 1 amide bonds. The van der Waals surface area contributed by atoms with Crippen LogP contribution >= 0.6 is 11.3 Å². The van der Waals surface area contributed by atoms with E-state index in [1.807, 2.05) is 48.7 Å². The van der Waals surface area contributed by atoms with E-state index in [0.717, 1.165) is 22.0 Å². The maximum atomic E-state index is 12.4. The van der Waals surface area contributed by atoms with Crippen LogP contribution in [0.25, 0.3) is 22.0 Å². The van der Waals surface area contributed by atoms with Crippen molar-refractivity contribution in [3.05, 3.63) is 60.0 Å². The summed E-state index contributed by atoms with van der Waals surface area (Å²) in [6, 6.07) is 16.8. The van der Waals surface area contributed by atoms with Gasteiger partial charge in [0.15, 0.2) is 18.1 Å². The number of amides is 1. The van der Waals surface area contributed by atoms with Crippen LogP contribution in [0.3, 0.4) is 0 Å². The molecular weight excluding hydrogens is 440 g/mol. The molecule has 0 aliphatic carbocycles. The molecule has 8 nitrogen and oxygen atoms in total. The second kappa shape index (κ2) is 10.2. The van der Waals surface area contributed by atoms with Crippen LogP contribution in [0.5, 0.6) is 17.2 Å². The van der Waals surface area contributed by atoms with Gasteiger partial charge in [0.2, 0.25) is 0 Å². The minimum absolute atomic E-state index is 0.153. The maximum absolute atomic E-state index is 12.4. The minimum atomic E-state index is -0.301. The summed E-state index contributed by atoms with van der Waals surface area (Å²) < 4.78 is 17.9. The monoisotopic (exact) mass is 464 g/mol. The SMILES string of the molecule is CCOc1ccc(-c2csc(-c3cc(NC(=O)COc4ccccc4OC)n(C)n3)n2)cc1. The Labute approximate surface area is 195 Å². The summed E-state index contributed by atoms with van der Waals surface area (Å²) in [7, 11) is 3.32. The summed E-state index contributed by atoms with van der Waals surface area (Å²) in [5.74, 6) is 2.16. The third-order valence-electron chi connectivity index (χ3n) is 4.76. The number of methoxy groups -OCH3 is 1. The standard InChI is InChI=1S/C24H24N4O4S/c1-4-31-17-11-9-16(10-12-17)19-15-33-24(25-19)18-13-22(28(2)27-18)26-23(29)14-32-21-8-6-5-7-20(21)30-3/h5-13,15H,4,14H2,1-3H3,(H,26,29). The van der Waals surface area contributed by atoms with E-state index >= 15 is 0 Å². The summed E-state index contributed by atoms with van der Waals surface area (Å²) in [4.78, 5) is 17.1. The Morgan fingerprint density at radius 1 is 1.06 bits per heavy atom. The van der Waals surface area contributed by atoms with Gasteiger partial charge in [-0.05, 0) is 43.3 Å². The summed E-state index contributed by atoms with van der Waals surface area (Å²) in [5.41, 5.74) is 2.54. The Balaban J connectivity index is 1.41. The quantitative estimate of drug-likeness (QED) is 0.388. The third-order valence-corrected chi connectivity index (χ3v) is 5.62. The molecule has 0 radical (unpaired) electrons. The van der Waals surface area contributed by atoms with Crippen molar-refractivity contribution >= 4 is 23.1 Å². The van der Waals surface area contributed by atoms with E-state index in [9.17, 15) is 4.79 Å². The molecule has 0 spiro atoms. The molecule has 170 valence electrons. The molecule has 9 heteroatoms. The van der Waals surface area contributed by atoms with Crippen molar-refractivity contribution in [2.24, 2.45) is 7.05 Å². The Bertz CT molecular complexity index is 1230. The van der Waals surface area contributed by atoms with Gasteiger partial charge < -0.3 is 19.5 Å². The summed E-state index contributed by atoms with van der Waals surface area (Å²) in [6.45, 7) is 2.43. The highest BCUT2D eigenvalue weighted by atomic mass is 32.1. The predicted molar refractivity (Wildman–Crippen MR) is 128 cm³/mol. The molecular formula is C24H24N4O4S. The smallest absolute Gasteiger partial charge is 0.263 e. The van der Waals surface area contributed by atoms with E-state index in [2.05, 4.69) is 10.4 Å².